The SMILES string of the molecule is COC(OC)c1ncccn1. The van der Waals surface area contributed by atoms with E-state index in [1.165, 1.54) is 0 Å². The van der Waals surface area contributed by atoms with E-state index in [2.05, 4.69) is 9.97 Å². The minimum Gasteiger partial charge on any atom is -0.349 e. The van der Waals surface area contributed by atoms with Crippen LogP contribution in [0, 0.1) is 0 Å². The Labute approximate surface area is 65.2 Å². The van der Waals surface area contributed by atoms with E-state index in [-0.39, 0.29) is 0 Å². The molecule has 0 bridgehead atoms. The fourth-order valence-corrected chi connectivity index (χ4v) is 0.739. The highest BCUT2D eigenvalue weighted by Crippen LogP contribution is 2.09. The molecule has 0 aromatic carbocycles. The highest BCUT2D eigenvalue weighted by atomic mass is 16.7. The van der Waals surface area contributed by atoms with Gasteiger partial charge in [0.1, 0.15) is 0 Å². The van der Waals surface area contributed by atoms with Crippen molar-refractivity contribution in [3.05, 3.63) is 24.3 Å². The smallest absolute Gasteiger partial charge is 0.218 e. The third kappa shape index (κ3) is 1.96. The van der Waals surface area contributed by atoms with E-state index in [1.807, 2.05) is 0 Å². The molecule has 4 nitrogen and oxygen atoms in total. The molecule has 0 N–H and O–H groups in total. The zero-order chi connectivity index (χ0) is 8.10. The third-order valence-electron chi connectivity index (χ3n) is 1.22. The van der Waals surface area contributed by atoms with Crippen LogP contribution in [0.25, 0.3) is 0 Å². The lowest BCUT2D eigenvalue weighted by Crippen LogP contribution is -2.07. The Bertz CT molecular complexity index is 199. The first-order valence-electron chi connectivity index (χ1n) is 3.21. The average molecular weight is 154 g/mol. The van der Waals surface area contributed by atoms with Crippen molar-refractivity contribution in [3.8, 4) is 0 Å². The number of aromatic nitrogens is 2. The maximum Gasteiger partial charge on any atom is 0.218 e. The monoisotopic (exact) mass is 154 g/mol. The van der Waals surface area contributed by atoms with Crippen LogP contribution in [0.2, 0.25) is 0 Å². The van der Waals surface area contributed by atoms with E-state index in [0.717, 1.165) is 0 Å². The number of nitrogens with zero attached hydrogens (tertiary/aromatic N) is 2. The van der Waals surface area contributed by atoms with Crippen LogP contribution < -0.4 is 0 Å². The molecule has 0 aliphatic rings. The van der Waals surface area contributed by atoms with Gasteiger partial charge in [0.25, 0.3) is 0 Å². The minimum atomic E-state index is -0.462. The Morgan fingerprint density at radius 1 is 1.18 bits per heavy atom. The predicted molar refractivity (Wildman–Crippen MR) is 38.8 cm³/mol. The van der Waals surface area contributed by atoms with Gasteiger partial charge >= 0.3 is 0 Å². The zero-order valence-electron chi connectivity index (χ0n) is 6.52. The second-order valence-electron chi connectivity index (χ2n) is 1.91. The first kappa shape index (κ1) is 8.10. The zero-order valence-corrected chi connectivity index (χ0v) is 6.52. The van der Waals surface area contributed by atoms with Gasteiger partial charge in [-0.25, -0.2) is 9.97 Å². The summed E-state index contributed by atoms with van der Waals surface area (Å²) >= 11 is 0. The molecule has 0 atom stereocenters. The fourth-order valence-electron chi connectivity index (χ4n) is 0.739. The number of methoxy groups -OCH3 is 2. The van der Waals surface area contributed by atoms with E-state index in [4.69, 9.17) is 9.47 Å². The van der Waals surface area contributed by atoms with Gasteiger partial charge in [-0.1, -0.05) is 0 Å². The number of rotatable bonds is 3. The van der Waals surface area contributed by atoms with Crippen LogP contribution in [0.3, 0.4) is 0 Å². The van der Waals surface area contributed by atoms with Gasteiger partial charge < -0.3 is 9.47 Å². The van der Waals surface area contributed by atoms with Crippen LogP contribution in [-0.4, -0.2) is 24.2 Å². The maximum absolute atomic E-state index is 4.94. The average Bonchev–Trinajstić information content (AvgIpc) is 2.09. The van der Waals surface area contributed by atoms with E-state index in [9.17, 15) is 0 Å². The molecule has 11 heavy (non-hydrogen) atoms. The minimum absolute atomic E-state index is 0.462. The van der Waals surface area contributed by atoms with E-state index in [0.29, 0.717) is 5.82 Å². The number of hydrogen-bond donors (Lipinski definition) is 0. The summed E-state index contributed by atoms with van der Waals surface area (Å²) in [6, 6.07) is 1.74. The van der Waals surface area contributed by atoms with Crippen LogP contribution in [0.1, 0.15) is 12.1 Å². The largest absolute Gasteiger partial charge is 0.349 e. The predicted octanol–water partition coefficient (Wildman–Crippen LogP) is 0.768. The molecule has 1 aromatic rings. The van der Waals surface area contributed by atoms with E-state index in [1.54, 1.807) is 32.7 Å². The molecular formula is C7H10N2O2. The summed E-state index contributed by atoms with van der Waals surface area (Å²) in [5.41, 5.74) is 0. The molecule has 0 amide bonds. The Morgan fingerprint density at radius 3 is 2.18 bits per heavy atom. The molecule has 1 heterocycles. The number of hydrogen-bond acceptors (Lipinski definition) is 4. The Morgan fingerprint density at radius 2 is 1.73 bits per heavy atom. The van der Waals surface area contributed by atoms with Crippen LogP contribution in [0.15, 0.2) is 18.5 Å². The lowest BCUT2D eigenvalue weighted by atomic mass is 10.5. The van der Waals surface area contributed by atoms with Crippen molar-refractivity contribution in [2.24, 2.45) is 0 Å². The molecule has 60 valence electrons. The van der Waals surface area contributed by atoms with Crippen molar-refractivity contribution in [1.82, 2.24) is 9.97 Å². The van der Waals surface area contributed by atoms with Gasteiger partial charge in [-0.05, 0) is 6.07 Å². The Hall–Kier alpha value is -1.00. The summed E-state index contributed by atoms with van der Waals surface area (Å²) in [5.74, 6) is 0.539. The topological polar surface area (TPSA) is 44.2 Å². The fraction of sp³-hybridized carbons (Fsp3) is 0.429. The molecule has 1 aromatic heterocycles. The first-order valence-corrected chi connectivity index (χ1v) is 3.21. The summed E-state index contributed by atoms with van der Waals surface area (Å²) in [7, 11) is 3.09. The van der Waals surface area contributed by atoms with Gasteiger partial charge in [-0.3, -0.25) is 0 Å². The van der Waals surface area contributed by atoms with Crippen molar-refractivity contribution < 1.29 is 9.47 Å². The van der Waals surface area contributed by atoms with Crippen LogP contribution in [-0.2, 0) is 9.47 Å². The second kappa shape index (κ2) is 4.00. The standard InChI is InChI=1S/C7H10N2O2/c1-10-7(11-2)6-8-4-3-5-9-6/h3-5,7H,1-2H3. The first-order chi connectivity index (χ1) is 5.38. The van der Waals surface area contributed by atoms with Gasteiger partial charge in [-0.15, -0.1) is 0 Å². The highest BCUT2D eigenvalue weighted by molar-refractivity contribution is 4.89. The molecular weight excluding hydrogens is 144 g/mol. The van der Waals surface area contributed by atoms with Crippen molar-refractivity contribution >= 4 is 0 Å². The van der Waals surface area contributed by atoms with Crippen LogP contribution in [0.4, 0.5) is 0 Å². The summed E-state index contributed by atoms with van der Waals surface area (Å²) in [6.07, 6.45) is 2.83. The lowest BCUT2D eigenvalue weighted by molar-refractivity contribution is -0.111. The molecule has 4 heteroatoms. The summed E-state index contributed by atoms with van der Waals surface area (Å²) < 4.78 is 9.88. The number of ether oxygens (including phenoxy) is 2. The van der Waals surface area contributed by atoms with Gasteiger partial charge in [0, 0.05) is 26.6 Å². The molecule has 0 unspecified atom stereocenters. The molecule has 1 rings (SSSR count). The van der Waals surface area contributed by atoms with Gasteiger partial charge in [0.05, 0.1) is 0 Å². The van der Waals surface area contributed by atoms with Crippen LogP contribution >= 0.6 is 0 Å². The Kier molecular flexibility index (Phi) is 2.95. The highest BCUT2D eigenvalue weighted by Gasteiger charge is 2.09. The summed E-state index contributed by atoms with van der Waals surface area (Å²) in [5, 5.41) is 0. The van der Waals surface area contributed by atoms with Gasteiger partial charge in [0.2, 0.25) is 6.29 Å². The maximum atomic E-state index is 4.94. The van der Waals surface area contributed by atoms with Gasteiger partial charge in [0.15, 0.2) is 5.82 Å². The van der Waals surface area contributed by atoms with Crippen molar-refractivity contribution in [2.45, 2.75) is 6.29 Å². The van der Waals surface area contributed by atoms with Crippen molar-refractivity contribution in [2.75, 3.05) is 14.2 Å². The molecule has 0 spiro atoms. The molecule has 0 fully saturated rings. The molecule has 0 aliphatic carbocycles. The molecule has 0 aliphatic heterocycles. The normalized spacial score (nSPS) is 10.5. The molecule has 0 radical (unpaired) electrons. The second-order valence-corrected chi connectivity index (χ2v) is 1.91. The van der Waals surface area contributed by atoms with E-state index >= 15 is 0 Å². The van der Waals surface area contributed by atoms with Crippen LogP contribution in [0.5, 0.6) is 0 Å². The van der Waals surface area contributed by atoms with Crippen molar-refractivity contribution in [1.29, 1.82) is 0 Å². The summed E-state index contributed by atoms with van der Waals surface area (Å²) in [4.78, 5) is 7.92. The Balaban J connectivity index is 2.74. The van der Waals surface area contributed by atoms with E-state index < -0.39 is 6.29 Å². The quantitative estimate of drug-likeness (QED) is 0.603. The third-order valence-corrected chi connectivity index (χ3v) is 1.22. The molecule has 0 saturated carbocycles. The lowest BCUT2D eigenvalue weighted by Gasteiger charge is -2.09. The van der Waals surface area contributed by atoms with Crippen molar-refractivity contribution in [3.63, 3.8) is 0 Å². The van der Waals surface area contributed by atoms with Gasteiger partial charge in [-0.2, -0.15) is 0 Å². The molecule has 0 saturated heterocycles. The summed E-state index contributed by atoms with van der Waals surface area (Å²) in [6.45, 7) is 0.